The fourth-order valence-corrected chi connectivity index (χ4v) is 1.19. The molecule has 0 amide bonds. The monoisotopic (exact) mass is 180 g/mol. The summed E-state index contributed by atoms with van der Waals surface area (Å²) in [4.78, 5) is 0. The van der Waals surface area contributed by atoms with Crippen molar-refractivity contribution in [2.75, 3.05) is 13.2 Å². The largest absolute Gasteiger partial charge is 0.343 e. The molecule has 1 aliphatic heterocycles. The first-order valence-electron chi connectivity index (χ1n) is 4.44. The Morgan fingerprint density at radius 2 is 1.85 bits per heavy atom. The van der Waals surface area contributed by atoms with Crippen LogP contribution in [0, 0.1) is 18.8 Å². The lowest BCUT2D eigenvalue weighted by atomic mass is 9.96. The van der Waals surface area contributed by atoms with Gasteiger partial charge in [-0.3, -0.25) is 0 Å². The highest BCUT2D eigenvalue weighted by Gasteiger charge is 2.32. The summed E-state index contributed by atoms with van der Waals surface area (Å²) >= 11 is 0. The molecule has 0 N–H and O–H groups in total. The summed E-state index contributed by atoms with van der Waals surface area (Å²) in [5.41, 5.74) is 0. The summed E-state index contributed by atoms with van der Waals surface area (Å²) < 4.78 is 11.0. The second kappa shape index (κ2) is 4.07. The molecule has 1 fully saturated rings. The molecule has 13 heavy (non-hydrogen) atoms. The lowest BCUT2D eigenvalue weighted by molar-refractivity contribution is -0.230. The zero-order chi connectivity index (χ0) is 9.90. The predicted molar refractivity (Wildman–Crippen MR) is 52.0 cm³/mol. The van der Waals surface area contributed by atoms with Crippen molar-refractivity contribution in [1.82, 2.24) is 0 Å². The van der Waals surface area contributed by atoms with Gasteiger partial charge in [0.25, 0.3) is 0 Å². The molecule has 1 rings (SSSR count). The van der Waals surface area contributed by atoms with E-state index >= 15 is 0 Å². The first kappa shape index (κ1) is 10.5. The molecule has 0 spiro atoms. The van der Waals surface area contributed by atoms with Crippen molar-refractivity contribution < 1.29 is 9.47 Å². The van der Waals surface area contributed by atoms with Gasteiger partial charge in [-0.25, -0.2) is 0 Å². The third-order valence-corrected chi connectivity index (χ3v) is 2.36. The van der Waals surface area contributed by atoms with Gasteiger partial charge in [0.15, 0.2) is 0 Å². The molecule has 1 aliphatic rings. The van der Waals surface area contributed by atoms with Gasteiger partial charge in [0, 0.05) is 5.92 Å². The van der Waals surface area contributed by atoms with Gasteiger partial charge < -0.3 is 9.47 Å². The van der Waals surface area contributed by atoms with Crippen molar-refractivity contribution in [2.45, 2.75) is 12.7 Å². The molecule has 1 heterocycles. The summed E-state index contributed by atoms with van der Waals surface area (Å²) in [6.45, 7) is 16.2. The molecule has 2 radical (unpaired) electrons. The summed E-state index contributed by atoms with van der Waals surface area (Å²) in [5.74, 6) is -0.452. The maximum atomic E-state index is 5.73. The van der Waals surface area contributed by atoms with Crippen LogP contribution >= 0.6 is 0 Å². The standard InChI is InChI=1S/C11H16O2/c1-5-11(6-2)12-7-10(8-13-11)9(3)4/h3,5-6,9-10H,1-2,7-8H2,4H3. The highest BCUT2D eigenvalue weighted by Crippen LogP contribution is 2.26. The van der Waals surface area contributed by atoms with Gasteiger partial charge in [-0.2, -0.15) is 0 Å². The van der Waals surface area contributed by atoms with Crippen molar-refractivity contribution in [3.05, 3.63) is 32.2 Å². The Balaban J connectivity index is 2.55. The van der Waals surface area contributed by atoms with E-state index in [0.717, 1.165) is 0 Å². The van der Waals surface area contributed by atoms with Gasteiger partial charge in [-0.15, -0.1) is 0 Å². The molecule has 0 saturated carbocycles. The van der Waals surface area contributed by atoms with Crippen molar-refractivity contribution >= 4 is 0 Å². The van der Waals surface area contributed by atoms with Gasteiger partial charge in [0.05, 0.1) is 13.2 Å². The minimum atomic E-state index is -0.800. The summed E-state index contributed by atoms with van der Waals surface area (Å²) in [7, 11) is 0. The van der Waals surface area contributed by atoms with E-state index in [-0.39, 0.29) is 11.8 Å². The fourth-order valence-electron chi connectivity index (χ4n) is 1.19. The minimum Gasteiger partial charge on any atom is -0.343 e. The Morgan fingerprint density at radius 1 is 1.38 bits per heavy atom. The van der Waals surface area contributed by atoms with Crippen LogP contribution in [-0.4, -0.2) is 19.0 Å². The van der Waals surface area contributed by atoms with Crippen LogP contribution in [0.5, 0.6) is 0 Å². The summed E-state index contributed by atoms with van der Waals surface area (Å²) in [5, 5.41) is 0. The third-order valence-electron chi connectivity index (χ3n) is 2.36. The maximum absolute atomic E-state index is 5.73. The Morgan fingerprint density at radius 3 is 2.15 bits per heavy atom. The molecule has 0 aromatic heterocycles. The van der Waals surface area contributed by atoms with Crippen LogP contribution in [0.4, 0.5) is 0 Å². The number of rotatable bonds is 3. The van der Waals surface area contributed by atoms with Crippen molar-refractivity contribution in [1.29, 1.82) is 0 Å². The number of ether oxygens (including phenoxy) is 2. The molecule has 0 aromatic rings. The van der Waals surface area contributed by atoms with Crippen LogP contribution in [0.25, 0.3) is 0 Å². The molecule has 0 aromatic carbocycles. The van der Waals surface area contributed by atoms with E-state index in [1.165, 1.54) is 0 Å². The highest BCUT2D eigenvalue weighted by atomic mass is 16.7. The van der Waals surface area contributed by atoms with E-state index in [1.54, 1.807) is 12.2 Å². The lowest BCUT2D eigenvalue weighted by Crippen LogP contribution is -2.42. The van der Waals surface area contributed by atoms with Crippen LogP contribution in [0.15, 0.2) is 25.3 Å². The van der Waals surface area contributed by atoms with Gasteiger partial charge in [-0.1, -0.05) is 20.1 Å². The smallest absolute Gasteiger partial charge is 0.207 e. The van der Waals surface area contributed by atoms with Crippen molar-refractivity contribution in [3.63, 3.8) is 0 Å². The average Bonchev–Trinajstić information content (AvgIpc) is 2.18. The molecule has 1 atom stereocenters. The van der Waals surface area contributed by atoms with Crippen LogP contribution < -0.4 is 0 Å². The maximum Gasteiger partial charge on any atom is 0.207 e. The molecule has 0 aliphatic carbocycles. The molecule has 0 bridgehead atoms. The predicted octanol–water partition coefficient (Wildman–Crippen LogP) is 2.06. The first-order chi connectivity index (χ1) is 6.13. The minimum absolute atomic E-state index is 0.0904. The Hall–Kier alpha value is -0.600. The molecule has 72 valence electrons. The quantitative estimate of drug-likeness (QED) is 0.619. The van der Waals surface area contributed by atoms with E-state index in [1.807, 2.05) is 6.92 Å². The Labute approximate surface area is 80.2 Å². The normalized spacial score (nSPS) is 23.0. The zero-order valence-electron chi connectivity index (χ0n) is 8.03. The Bertz CT molecular complexity index is 178. The van der Waals surface area contributed by atoms with Crippen molar-refractivity contribution in [3.8, 4) is 0 Å². The van der Waals surface area contributed by atoms with Gasteiger partial charge in [0.2, 0.25) is 5.79 Å². The van der Waals surface area contributed by atoms with E-state index in [9.17, 15) is 0 Å². The number of hydrogen-bond donors (Lipinski definition) is 0. The topological polar surface area (TPSA) is 18.5 Å². The molecular formula is C11H16O2. The number of hydrogen-bond acceptors (Lipinski definition) is 2. The third kappa shape index (κ3) is 2.20. The molecule has 2 nitrogen and oxygen atoms in total. The summed E-state index contributed by atoms with van der Waals surface area (Å²) in [6, 6.07) is 0. The summed E-state index contributed by atoms with van der Waals surface area (Å²) in [6.07, 6.45) is 3.22. The van der Waals surface area contributed by atoms with Gasteiger partial charge in [0.1, 0.15) is 0 Å². The van der Waals surface area contributed by atoms with E-state index in [2.05, 4.69) is 13.2 Å². The van der Waals surface area contributed by atoms with E-state index in [0.29, 0.717) is 13.2 Å². The van der Waals surface area contributed by atoms with E-state index in [4.69, 9.17) is 16.4 Å². The average molecular weight is 180 g/mol. The second-order valence-corrected chi connectivity index (χ2v) is 3.37. The van der Waals surface area contributed by atoms with Crippen LogP contribution in [0.2, 0.25) is 0 Å². The fraction of sp³-hybridized carbons (Fsp3) is 0.545. The molecule has 1 saturated heterocycles. The van der Waals surface area contributed by atoms with Crippen LogP contribution in [0.3, 0.4) is 0 Å². The molecule has 2 heteroatoms. The van der Waals surface area contributed by atoms with Gasteiger partial charge in [-0.05, 0) is 25.0 Å². The lowest BCUT2D eigenvalue weighted by Gasteiger charge is -2.37. The van der Waals surface area contributed by atoms with E-state index < -0.39 is 5.79 Å². The van der Waals surface area contributed by atoms with Gasteiger partial charge >= 0.3 is 0 Å². The molecule has 1 unspecified atom stereocenters. The first-order valence-corrected chi connectivity index (χ1v) is 4.44. The van der Waals surface area contributed by atoms with Crippen molar-refractivity contribution in [2.24, 2.45) is 11.8 Å². The van der Waals surface area contributed by atoms with Crippen LogP contribution in [0.1, 0.15) is 6.92 Å². The highest BCUT2D eigenvalue weighted by molar-refractivity contribution is 5.04. The zero-order valence-corrected chi connectivity index (χ0v) is 8.03. The second-order valence-electron chi connectivity index (χ2n) is 3.37. The SMILES string of the molecule is [CH]C(C)C1COC(C=C)(C=C)OC1. The van der Waals surface area contributed by atoms with Crippen LogP contribution in [-0.2, 0) is 9.47 Å². The Kier molecular flexibility index (Phi) is 3.28. The molecular weight excluding hydrogens is 164 g/mol.